The molecule has 1 aromatic carbocycles. The van der Waals surface area contributed by atoms with E-state index in [1.165, 1.54) is 5.56 Å². The van der Waals surface area contributed by atoms with E-state index in [-0.39, 0.29) is 29.1 Å². The minimum absolute atomic E-state index is 0.00145. The van der Waals surface area contributed by atoms with Gasteiger partial charge in [-0.2, -0.15) is 0 Å². The standard InChI is InChI=1S/C19H23N3O4S/c1-26-17-4-2-14(3-5-17)6-9-20-15-7-10-21-18(12-15)19(23)22-16-8-11-27(24,25)13-16/h2-5,7,10,12,16H,6,8-9,11,13H2,1H3,(H,20,21)(H,22,23). The van der Waals surface area contributed by atoms with Crippen LogP contribution >= 0.6 is 0 Å². The van der Waals surface area contributed by atoms with Crippen LogP contribution in [0.5, 0.6) is 5.75 Å². The van der Waals surface area contributed by atoms with Crippen molar-refractivity contribution in [3.63, 3.8) is 0 Å². The van der Waals surface area contributed by atoms with Crippen LogP contribution in [0.25, 0.3) is 0 Å². The zero-order valence-electron chi connectivity index (χ0n) is 15.1. The van der Waals surface area contributed by atoms with Crippen molar-refractivity contribution >= 4 is 21.4 Å². The van der Waals surface area contributed by atoms with Crippen molar-refractivity contribution in [2.75, 3.05) is 30.5 Å². The van der Waals surface area contributed by atoms with Gasteiger partial charge in [0.2, 0.25) is 0 Å². The maximum Gasteiger partial charge on any atom is 0.270 e. The van der Waals surface area contributed by atoms with Crippen molar-refractivity contribution in [3.05, 3.63) is 53.9 Å². The number of pyridine rings is 1. The third-order valence-corrected chi connectivity index (χ3v) is 6.23. The Morgan fingerprint density at radius 2 is 2.04 bits per heavy atom. The van der Waals surface area contributed by atoms with Crippen LogP contribution < -0.4 is 15.4 Å². The summed E-state index contributed by atoms with van der Waals surface area (Å²) in [5, 5.41) is 6.03. The van der Waals surface area contributed by atoms with E-state index in [0.29, 0.717) is 13.0 Å². The Balaban J connectivity index is 1.52. The predicted octanol–water partition coefficient (Wildman–Crippen LogP) is 1.66. The zero-order valence-corrected chi connectivity index (χ0v) is 16.0. The monoisotopic (exact) mass is 389 g/mol. The summed E-state index contributed by atoms with van der Waals surface area (Å²) in [6, 6.07) is 11.0. The second-order valence-electron chi connectivity index (χ2n) is 6.53. The molecule has 1 saturated heterocycles. The lowest BCUT2D eigenvalue weighted by Crippen LogP contribution is -2.36. The van der Waals surface area contributed by atoms with E-state index in [4.69, 9.17) is 4.74 Å². The number of aromatic nitrogens is 1. The number of anilines is 1. The lowest BCUT2D eigenvalue weighted by molar-refractivity contribution is 0.0936. The first-order valence-corrected chi connectivity index (χ1v) is 10.6. The molecule has 0 aliphatic carbocycles. The molecule has 2 heterocycles. The van der Waals surface area contributed by atoms with Crippen molar-refractivity contribution in [1.82, 2.24) is 10.3 Å². The number of ether oxygens (including phenoxy) is 1. The third kappa shape index (κ3) is 5.43. The van der Waals surface area contributed by atoms with E-state index < -0.39 is 9.84 Å². The average Bonchev–Trinajstić information content (AvgIpc) is 3.01. The Hall–Kier alpha value is -2.61. The molecule has 8 heteroatoms. The number of hydrogen-bond acceptors (Lipinski definition) is 6. The summed E-state index contributed by atoms with van der Waals surface area (Å²) in [6.45, 7) is 0.707. The van der Waals surface area contributed by atoms with E-state index in [1.807, 2.05) is 24.3 Å². The molecule has 27 heavy (non-hydrogen) atoms. The predicted molar refractivity (Wildman–Crippen MR) is 104 cm³/mol. The smallest absolute Gasteiger partial charge is 0.270 e. The van der Waals surface area contributed by atoms with Crippen LogP contribution in [0.3, 0.4) is 0 Å². The van der Waals surface area contributed by atoms with Crippen LogP contribution in [-0.2, 0) is 16.3 Å². The highest BCUT2D eigenvalue weighted by molar-refractivity contribution is 7.91. The number of nitrogens with zero attached hydrogens (tertiary/aromatic N) is 1. The largest absolute Gasteiger partial charge is 0.497 e. The van der Waals surface area contributed by atoms with Crippen LogP contribution in [-0.4, -0.2) is 50.5 Å². The van der Waals surface area contributed by atoms with Gasteiger partial charge in [0, 0.05) is 24.5 Å². The molecular weight excluding hydrogens is 366 g/mol. The summed E-state index contributed by atoms with van der Waals surface area (Å²) in [6.07, 6.45) is 2.84. The van der Waals surface area contributed by atoms with E-state index in [1.54, 1.807) is 25.4 Å². The van der Waals surface area contributed by atoms with E-state index >= 15 is 0 Å². The molecule has 0 bridgehead atoms. The molecule has 1 unspecified atom stereocenters. The minimum atomic E-state index is -3.03. The fourth-order valence-corrected chi connectivity index (χ4v) is 4.65. The topological polar surface area (TPSA) is 97.4 Å². The summed E-state index contributed by atoms with van der Waals surface area (Å²) in [7, 11) is -1.39. The summed E-state index contributed by atoms with van der Waals surface area (Å²) < 4.78 is 28.1. The van der Waals surface area contributed by atoms with Gasteiger partial charge in [-0.3, -0.25) is 9.78 Å². The number of benzene rings is 1. The Kier molecular flexibility index (Phi) is 5.95. The first kappa shape index (κ1) is 19.2. The average molecular weight is 389 g/mol. The quantitative estimate of drug-likeness (QED) is 0.748. The lowest BCUT2D eigenvalue weighted by Gasteiger charge is -2.11. The molecule has 2 N–H and O–H groups in total. The molecule has 1 atom stereocenters. The fraction of sp³-hybridized carbons (Fsp3) is 0.368. The molecule has 7 nitrogen and oxygen atoms in total. The number of rotatable bonds is 7. The molecular formula is C19H23N3O4S. The van der Waals surface area contributed by atoms with Crippen molar-refractivity contribution in [1.29, 1.82) is 0 Å². The highest BCUT2D eigenvalue weighted by Gasteiger charge is 2.29. The lowest BCUT2D eigenvalue weighted by atomic mass is 10.1. The summed E-state index contributed by atoms with van der Waals surface area (Å²) in [4.78, 5) is 16.4. The molecule has 1 aliphatic rings. The van der Waals surface area contributed by atoms with Crippen LogP contribution in [0.15, 0.2) is 42.6 Å². The Labute approximate surface area is 159 Å². The summed E-state index contributed by atoms with van der Waals surface area (Å²) in [5.74, 6) is 0.596. The number of sulfone groups is 1. The first-order valence-electron chi connectivity index (χ1n) is 8.79. The number of amides is 1. The number of carbonyl (C=O) groups excluding carboxylic acids is 1. The fourth-order valence-electron chi connectivity index (χ4n) is 2.98. The van der Waals surface area contributed by atoms with Crippen molar-refractivity contribution in [2.24, 2.45) is 0 Å². The first-order chi connectivity index (χ1) is 12.9. The molecule has 1 fully saturated rings. The van der Waals surface area contributed by atoms with Gasteiger partial charge < -0.3 is 15.4 Å². The molecule has 0 spiro atoms. The molecule has 3 rings (SSSR count). The molecule has 1 aliphatic heterocycles. The maximum atomic E-state index is 12.3. The minimum Gasteiger partial charge on any atom is -0.497 e. The molecule has 0 saturated carbocycles. The highest BCUT2D eigenvalue weighted by atomic mass is 32.2. The number of methoxy groups -OCH3 is 1. The Morgan fingerprint density at radius 1 is 1.26 bits per heavy atom. The molecule has 1 amide bonds. The molecule has 1 aromatic heterocycles. The van der Waals surface area contributed by atoms with E-state index in [0.717, 1.165) is 17.9 Å². The second-order valence-corrected chi connectivity index (χ2v) is 8.76. The normalized spacial score (nSPS) is 18.0. The van der Waals surface area contributed by atoms with Gasteiger partial charge in [0.05, 0.1) is 18.6 Å². The number of nitrogens with one attached hydrogen (secondary N) is 2. The van der Waals surface area contributed by atoms with Gasteiger partial charge in [0.15, 0.2) is 9.84 Å². The van der Waals surface area contributed by atoms with Crippen molar-refractivity contribution in [3.8, 4) is 5.75 Å². The van der Waals surface area contributed by atoms with Gasteiger partial charge in [0.1, 0.15) is 11.4 Å². The SMILES string of the molecule is COc1ccc(CCNc2ccnc(C(=O)NC3CCS(=O)(=O)C3)c2)cc1. The van der Waals surface area contributed by atoms with Crippen LogP contribution in [0, 0.1) is 0 Å². The van der Waals surface area contributed by atoms with Crippen LogP contribution in [0.4, 0.5) is 5.69 Å². The van der Waals surface area contributed by atoms with Gasteiger partial charge in [-0.1, -0.05) is 12.1 Å². The third-order valence-electron chi connectivity index (χ3n) is 4.46. The van der Waals surface area contributed by atoms with Crippen LogP contribution in [0.1, 0.15) is 22.5 Å². The molecule has 0 radical (unpaired) electrons. The van der Waals surface area contributed by atoms with Gasteiger partial charge in [-0.25, -0.2) is 8.42 Å². The molecule has 144 valence electrons. The van der Waals surface area contributed by atoms with Gasteiger partial charge >= 0.3 is 0 Å². The Bertz CT molecular complexity index is 897. The number of hydrogen-bond donors (Lipinski definition) is 2. The summed E-state index contributed by atoms with van der Waals surface area (Å²) in [5.41, 5.74) is 2.24. The van der Waals surface area contributed by atoms with Crippen LogP contribution in [0.2, 0.25) is 0 Å². The zero-order chi connectivity index (χ0) is 19.3. The van der Waals surface area contributed by atoms with Gasteiger partial charge in [-0.05, 0) is 42.7 Å². The molecule has 2 aromatic rings. The van der Waals surface area contributed by atoms with E-state index in [2.05, 4.69) is 15.6 Å². The number of carbonyl (C=O) groups is 1. The second kappa shape index (κ2) is 8.39. The van der Waals surface area contributed by atoms with E-state index in [9.17, 15) is 13.2 Å². The van der Waals surface area contributed by atoms with Crippen molar-refractivity contribution in [2.45, 2.75) is 18.9 Å². The van der Waals surface area contributed by atoms with Gasteiger partial charge in [-0.15, -0.1) is 0 Å². The Morgan fingerprint density at radius 3 is 2.70 bits per heavy atom. The summed E-state index contributed by atoms with van der Waals surface area (Å²) >= 11 is 0. The van der Waals surface area contributed by atoms with Crippen molar-refractivity contribution < 1.29 is 17.9 Å². The maximum absolute atomic E-state index is 12.3. The van der Waals surface area contributed by atoms with Gasteiger partial charge in [0.25, 0.3) is 5.91 Å². The highest BCUT2D eigenvalue weighted by Crippen LogP contribution is 2.14.